The summed E-state index contributed by atoms with van der Waals surface area (Å²) in [5, 5.41) is 21.4. The van der Waals surface area contributed by atoms with Crippen LogP contribution in [0.3, 0.4) is 0 Å². The van der Waals surface area contributed by atoms with Crippen molar-refractivity contribution in [2.45, 2.75) is 12.5 Å². The van der Waals surface area contributed by atoms with E-state index in [1.807, 2.05) is 0 Å². The second kappa shape index (κ2) is 9.58. The molecule has 0 unspecified atom stereocenters. The molecule has 0 saturated carbocycles. The number of phenolic OH excluding ortho intramolecular Hbond substituents is 1. The van der Waals surface area contributed by atoms with Gasteiger partial charge in [-0.15, -0.1) is 0 Å². The predicted molar refractivity (Wildman–Crippen MR) is 109 cm³/mol. The van der Waals surface area contributed by atoms with Crippen molar-refractivity contribution in [2.75, 3.05) is 5.32 Å². The minimum atomic E-state index is -1.10. The molecule has 1 atom stereocenters. The van der Waals surface area contributed by atoms with Crippen LogP contribution in [0.2, 0.25) is 0 Å². The maximum absolute atomic E-state index is 12.2. The van der Waals surface area contributed by atoms with Gasteiger partial charge in [0.1, 0.15) is 11.9 Å². The maximum Gasteiger partial charge on any atom is 0.412 e. The van der Waals surface area contributed by atoms with E-state index >= 15 is 0 Å². The first-order chi connectivity index (χ1) is 12.3. The Morgan fingerprint density at radius 1 is 1.23 bits per heavy atom. The van der Waals surface area contributed by atoms with Crippen molar-refractivity contribution in [3.05, 3.63) is 68.2 Å². The van der Waals surface area contributed by atoms with E-state index in [4.69, 9.17) is 9.84 Å². The highest BCUT2D eigenvalue weighted by molar-refractivity contribution is 14.1. The molecule has 2 aromatic carbocycles. The van der Waals surface area contributed by atoms with Crippen molar-refractivity contribution in [3.63, 3.8) is 0 Å². The summed E-state index contributed by atoms with van der Waals surface area (Å²) in [6, 6.07) is 11.8. The summed E-state index contributed by atoms with van der Waals surface area (Å²) >= 11 is 5.38. The van der Waals surface area contributed by atoms with Crippen molar-refractivity contribution < 1.29 is 24.5 Å². The summed E-state index contributed by atoms with van der Waals surface area (Å²) in [6.07, 6.45) is 0.899. The molecular formula is C18H15BrINO5. The lowest BCUT2D eigenvalue weighted by atomic mass is 10.1. The minimum absolute atomic E-state index is 0.0319. The van der Waals surface area contributed by atoms with Gasteiger partial charge in [-0.05, 0) is 65.1 Å². The first-order valence-corrected chi connectivity index (χ1v) is 9.33. The fourth-order valence-corrected chi connectivity index (χ4v) is 2.90. The Labute approximate surface area is 172 Å². The number of carboxylic acids is 1. The smallest absolute Gasteiger partial charge is 0.412 e. The zero-order valence-electron chi connectivity index (χ0n) is 13.4. The molecule has 0 radical (unpaired) electrons. The van der Waals surface area contributed by atoms with E-state index in [1.165, 1.54) is 12.1 Å². The maximum atomic E-state index is 12.2. The van der Waals surface area contributed by atoms with E-state index in [-0.39, 0.29) is 12.2 Å². The Bertz CT molecular complexity index is 823. The van der Waals surface area contributed by atoms with Gasteiger partial charge in [-0.25, -0.2) is 9.59 Å². The first kappa shape index (κ1) is 20.2. The van der Waals surface area contributed by atoms with Crippen LogP contribution in [0.5, 0.6) is 5.75 Å². The summed E-state index contributed by atoms with van der Waals surface area (Å²) < 4.78 is 7.14. The second-order valence-electron chi connectivity index (χ2n) is 5.21. The molecule has 136 valence electrons. The van der Waals surface area contributed by atoms with Crippen LogP contribution in [0.4, 0.5) is 10.5 Å². The number of halogens is 2. The molecule has 0 saturated heterocycles. The van der Waals surface area contributed by atoms with E-state index in [0.29, 0.717) is 11.3 Å². The number of rotatable bonds is 6. The van der Waals surface area contributed by atoms with E-state index in [0.717, 1.165) is 14.1 Å². The van der Waals surface area contributed by atoms with E-state index < -0.39 is 18.2 Å². The molecule has 3 N–H and O–H groups in total. The molecule has 6 nitrogen and oxygen atoms in total. The number of nitrogens with one attached hydrogen (secondary N) is 1. The van der Waals surface area contributed by atoms with Crippen LogP contribution >= 0.6 is 38.5 Å². The molecule has 2 rings (SSSR count). The van der Waals surface area contributed by atoms with Gasteiger partial charge in [-0.1, -0.05) is 22.0 Å². The van der Waals surface area contributed by atoms with Gasteiger partial charge in [0.25, 0.3) is 0 Å². The van der Waals surface area contributed by atoms with Crippen molar-refractivity contribution >= 4 is 56.3 Å². The standard InChI is InChI=1S/C18H15BrINO5/c19-11-4-7-13(8-5-11)21-18(25)26-16(2-1-3-17(23)24)14-10-12(20)6-9-15(14)22/h1,3-10,16,22H,2H2,(H,21,25)(H,23,24)/b3-1+/t16-/m0/s1. The number of ether oxygens (including phenoxy) is 1. The number of carboxylic acid groups (broad SMARTS) is 1. The molecule has 0 heterocycles. The number of aromatic hydroxyl groups is 1. The average Bonchev–Trinajstić information content (AvgIpc) is 2.58. The van der Waals surface area contributed by atoms with Gasteiger partial charge in [0.15, 0.2) is 0 Å². The average molecular weight is 532 g/mol. The van der Waals surface area contributed by atoms with Crippen LogP contribution < -0.4 is 5.32 Å². The highest BCUT2D eigenvalue weighted by atomic mass is 127. The van der Waals surface area contributed by atoms with E-state index in [9.17, 15) is 14.7 Å². The zero-order valence-corrected chi connectivity index (χ0v) is 17.1. The summed E-state index contributed by atoms with van der Waals surface area (Å²) in [7, 11) is 0. The van der Waals surface area contributed by atoms with Gasteiger partial charge in [0.05, 0.1) is 0 Å². The van der Waals surface area contributed by atoms with Crippen LogP contribution in [-0.2, 0) is 9.53 Å². The minimum Gasteiger partial charge on any atom is -0.508 e. The monoisotopic (exact) mass is 531 g/mol. The largest absolute Gasteiger partial charge is 0.508 e. The normalized spacial score (nSPS) is 11.9. The SMILES string of the molecule is O=C(O)/C=C/C[C@H](OC(=O)Nc1ccc(Br)cc1)c1cc(I)ccc1O. The van der Waals surface area contributed by atoms with Crippen LogP contribution in [0.15, 0.2) is 59.1 Å². The molecule has 26 heavy (non-hydrogen) atoms. The molecule has 1 amide bonds. The highest BCUT2D eigenvalue weighted by Crippen LogP contribution is 2.31. The van der Waals surface area contributed by atoms with Gasteiger partial charge >= 0.3 is 12.1 Å². The molecular weight excluding hydrogens is 517 g/mol. The van der Waals surface area contributed by atoms with Gasteiger partial charge in [-0.2, -0.15) is 0 Å². The Kier molecular flexibility index (Phi) is 7.46. The number of hydrogen-bond acceptors (Lipinski definition) is 4. The molecule has 2 aromatic rings. The van der Waals surface area contributed by atoms with E-state index in [1.54, 1.807) is 36.4 Å². The molecule has 0 aliphatic carbocycles. The topological polar surface area (TPSA) is 95.9 Å². The Hall–Kier alpha value is -2.07. The predicted octanol–water partition coefficient (Wildman–Crippen LogP) is 5.08. The van der Waals surface area contributed by atoms with Gasteiger partial charge in [0, 0.05) is 31.8 Å². The lowest BCUT2D eigenvalue weighted by Gasteiger charge is -2.18. The molecule has 0 aliphatic rings. The number of anilines is 1. The number of amides is 1. The molecule has 0 aromatic heterocycles. The summed E-state index contributed by atoms with van der Waals surface area (Å²) in [5.41, 5.74) is 0.947. The zero-order chi connectivity index (χ0) is 19.1. The fourth-order valence-electron chi connectivity index (χ4n) is 2.12. The third kappa shape index (κ3) is 6.34. The quantitative estimate of drug-likeness (QED) is 0.357. The summed E-state index contributed by atoms with van der Waals surface area (Å²) in [5.74, 6) is -1.13. The Morgan fingerprint density at radius 3 is 2.58 bits per heavy atom. The molecule has 0 fully saturated rings. The molecule has 0 aliphatic heterocycles. The van der Waals surface area contributed by atoms with Crippen LogP contribution in [0.1, 0.15) is 18.1 Å². The van der Waals surface area contributed by atoms with Crippen molar-refractivity contribution in [1.29, 1.82) is 0 Å². The molecule has 0 spiro atoms. The van der Waals surface area contributed by atoms with Crippen LogP contribution in [-0.4, -0.2) is 22.3 Å². The number of phenols is 1. The number of carbonyl (C=O) groups is 2. The van der Waals surface area contributed by atoms with Crippen LogP contribution in [0.25, 0.3) is 0 Å². The Morgan fingerprint density at radius 2 is 1.92 bits per heavy atom. The van der Waals surface area contributed by atoms with Crippen LogP contribution in [0, 0.1) is 3.57 Å². The van der Waals surface area contributed by atoms with Gasteiger partial charge in [0.2, 0.25) is 0 Å². The Balaban J connectivity index is 2.17. The fraction of sp³-hybridized carbons (Fsp3) is 0.111. The summed E-state index contributed by atoms with van der Waals surface area (Å²) in [6.45, 7) is 0. The lowest BCUT2D eigenvalue weighted by Crippen LogP contribution is -2.17. The third-order valence-electron chi connectivity index (χ3n) is 3.29. The first-order valence-electron chi connectivity index (χ1n) is 7.46. The van der Waals surface area contributed by atoms with Crippen molar-refractivity contribution in [3.8, 4) is 5.75 Å². The van der Waals surface area contributed by atoms with Gasteiger partial charge in [-0.3, -0.25) is 5.32 Å². The van der Waals surface area contributed by atoms with E-state index in [2.05, 4.69) is 43.8 Å². The van der Waals surface area contributed by atoms with Crippen molar-refractivity contribution in [2.24, 2.45) is 0 Å². The number of benzene rings is 2. The lowest BCUT2D eigenvalue weighted by molar-refractivity contribution is -0.131. The summed E-state index contributed by atoms with van der Waals surface area (Å²) in [4.78, 5) is 22.9. The molecule has 8 heteroatoms. The number of hydrogen-bond donors (Lipinski definition) is 3. The molecule has 0 bridgehead atoms. The van der Waals surface area contributed by atoms with Crippen molar-refractivity contribution in [1.82, 2.24) is 0 Å². The van der Waals surface area contributed by atoms with Gasteiger partial charge < -0.3 is 14.9 Å². The third-order valence-corrected chi connectivity index (χ3v) is 4.49. The highest BCUT2D eigenvalue weighted by Gasteiger charge is 2.20. The number of carbonyl (C=O) groups excluding carboxylic acids is 1. The second-order valence-corrected chi connectivity index (χ2v) is 7.37. The number of aliphatic carboxylic acids is 1.